The van der Waals surface area contributed by atoms with E-state index in [4.69, 9.17) is 5.73 Å². The summed E-state index contributed by atoms with van der Waals surface area (Å²) in [5.74, 6) is 0.352. The quantitative estimate of drug-likeness (QED) is 0.807. The van der Waals surface area contributed by atoms with Crippen molar-refractivity contribution in [1.82, 2.24) is 9.36 Å². The molecule has 0 radical (unpaired) electrons. The Hall–Kier alpha value is -0.490. The third-order valence-corrected chi connectivity index (χ3v) is 5.00. The van der Waals surface area contributed by atoms with E-state index in [2.05, 4.69) is 34.8 Å². The van der Waals surface area contributed by atoms with Crippen LogP contribution in [-0.2, 0) is 0 Å². The van der Waals surface area contributed by atoms with Crippen LogP contribution in [0.15, 0.2) is 0 Å². The third-order valence-electron chi connectivity index (χ3n) is 2.73. The molecule has 0 unspecified atom stereocenters. The largest absolute Gasteiger partial charge is 0.367 e. The SMILES string of the molecule is CCC(CC)(CNc1nc(N)ns1)SC. The van der Waals surface area contributed by atoms with Crippen molar-refractivity contribution in [2.75, 3.05) is 23.9 Å². The van der Waals surface area contributed by atoms with Gasteiger partial charge >= 0.3 is 0 Å². The second kappa shape index (κ2) is 5.55. The van der Waals surface area contributed by atoms with Crippen LogP contribution in [0, 0.1) is 0 Å². The van der Waals surface area contributed by atoms with Crippen molar-refractivity contribution in [3.8, 4) is 0 Å². The minimum absolute atomic E-state index is 0.292. The smallest absolute Gasteiger partial charge is 0.233 e. The maximum atomic E-state index is 5.46. The van der Waals surface area contributed by atoms with Crippen LogP contribution in [0.1, 0.15) is 26.7 Å². The normalized spacial score (nSPS) is 11.7. The molecular formula is C9H18N4S2. The molecule has 0 spiro atoms. The number of thioether (sulfide) groups is 1. The zero-order valence-corrected chi connectivity index (χ0v) is 11.0. The highest BCUT2D eigenvalue weighted by molar-refractivity contribution is 8.00. The summed E-state index contributed by atoms with van der Waals surface area (Å²) >= 11 is 3.22. The van der Waals surface area contributed by atoms with E-state index in [0.29, 0.717) is 10.7 Å². The Morgan fingerprint density at radius 2 is 2.13 bits per heavy atom. The molecule has 86 valence electrons. The average Bonchev–Trinajstić information content (AvgIpc) is 2.67. The molecule has 0 bridgehead atoms. The zero-order valence-electron chi connectivity index (χ0n) is 9.41. The van der Waals surface area contributed by atoms with Gasteiger partial charge in [-0.05, 0) is 19.1 Å². The van der Waals surface area contributed by atoms with Crippen molar-refractivity contribution in [2.45, 2.75) is 31.4 Å². The van der Waals surface area contributed by atoms with Gasteiger partial charge in [-0.1, -0.05) is 13.8 Å². The van der Waals surface area contributed by atoms with Crippen LogP contribution < -0.4 is 11.1 Å². The molecule has 0 amide bonds. The van der Waals surface area contributed by atoms with Crippen molar-refractivity contribution in [3.05, 3.63) is 0 Å². The lowest BCUT2D eigenvalue weighted by molar-refractivity contribution is 0.574. The van der Waals surface area contributed by atoms with Crippen molar-refractivity contribution >= 4 is 34.4 Å². The van der Waals surface area contributed by atoms with Crippen LogP contribution in [0.3, 0.4) is 0 Å². The summed E-state index contributed by atoms with van der Waals surface area (Å²) in [5, 5.41) is 4.12. The van der Waals surface area contributed by atoms with Crippen LogP contribution in [-0.4, -0.2) is 26.9 Å². The Bertz CT molecular complexity index is 288. The molecule has 6 heteroatoms. The molecule has 0 atom stereocenters. The van der Waals surface area contributed by atoms with Gasteiger partial charge in [-0.15, -0.1) is 0 Å². The van der Waals surface area contributed by atoms with E-state index < -0.39 is 0 Å². The van der Waals surface area contributed by atoms with Gasteiger partial charge in [-0.3, -0.25) is 0 Å². The second-order valence-electron chi connectivity index (χ2n) is 3.41. The molecule has 1 aromatic heterocycles. The molecule has 3 N–H and O–H groups in total. The van der Waals surface area contributed by atoms with Gasteiger partial charge in [0, 0.05) is 22.8 Å². The Kier molecular flexibility index (Phi) is 4.66. The maximum absolute atomic E-state index is 5.46. The molecule has 1 rings (SSSR count). The fourth-order valence-electron chi connectivity index (χ4n) is 1.40. The number of hydrogen-bond donors (Lipinski definition) is 2. The predicted molar refractivity (Wildman–Crippen MR) is 69.6 cm³/mol. The highest BCUT2D eigenvalue weighted by atomic mass is 32.2. The molecule has 0 aliphatic heterocycles. The summed E-state index contributed by atoms with van der Waals surface area (Å²) in [7, 11) is 0. The Morgan fingerprint density at radius 1 is 1.47 bits per heavy atom. The van der Waals surface area contributed by atoms with E-state index in [9.17, 15) is 0 Å². The van der Waals surface area contributed by atoms with Crippen LogP contribution in [0.5, 0.6) is 0 Å². The first-order valence-corrected chi connectivity index (χ1v) is 7.04. The summed E-state index contributed by atoms with van der Waals surface area (Å²) in [6, 6.07) is 0. The van der Waals surface area contributed by atoms with E-state index in [1.807, 2.05) is 11.8 Å². The van der Waals surface area contributed by atoms with Crippen LogP contribution in [0.4, 0.5) is 11.1 Å². The van der Waals surface area contributed by atoms with Gasteiger partial charge in [0.1, 0.15) is 0 Å². The Balaban J connectivity index is 2.54. The van der Waals surface area contributed by atoms with E-state index in [0.717, 1.165) is 24.5 Å². The highest BCUT2D eigenvalue weighted by Crippen LogP contribution is 2.30. The van der Waals surface area contributed by atoms with Gasteiger partial charge in [0.25, 0.3) is 0 Å². The van der Waals surface area contributed by atoms with Gasteiger partial charge in [-0.2, -0.15) is 21.1 Å². The van der Waals surface area contributed by atoms with Crippen LogP contribution >= 0.6 is 23.3 Å². The fourth-order valence-corrected chi connectivity index (χ4v) is 2.69. The molecule has 0 aliphatic rings. The first-order valence-electron chi connectivity index (χ1n) is 5.04. The predicted octanol–water partition coefficient (Wildman–Crippen LogP) is 2.45. The van der Waals surface area contributed by atoms with Crippen LogP contribution in [0.25, 0.3) is 0 Å². The number of nitrogens with zero attached hydrogens (tertiary/aromatic N) is 2. The number of nitrogens with one attached hydrogen (secondary N) is 1. The molecule has 0 fully saturated rings. The van der Waals surface area contributed by atoms with E-state index in [-0.39, 0.29) is 0 Å². The number of rotatable bonds is 6. The Labute approximate surface area is 99.2 Å². The first kappa shape index (κ1) is 12.6. The van der Waals surface area contributed by atoms with Crippen molar-refractivity contribution in [1.29, 1.82) is 0 Å². The van der Waals surface area contributed by atoms with Crippen molar-refractivity contribution in [2.24, 2.45) is 0 Å². The van der Waals surface area contributed by atoms with Gasteiger partial charge in [0.15, 0.2) is 0 Å². The zero-order chi connectivity index (χ0) is 11.3. The van der Waals surface area contributed by atoms with E-state index >= 15 is 0 Å². The average molecular weight is 246 g/mol. The molecule has 1 heterocycles. The van der Waals surface area contributed by atoms with Crippen molar-refractivity contribution in [3.63, 3.8) is 0 Å². The summed E-state index contributed by atoms with van der Waals surface area (Å²) < 4.78 is 4.23. The molecule has 0 saturated heterocycles. The Morgan fingerprint density at radius 3 is 2.53 bits per heavy atom. The number of nitrogen functional groups attached to an aromatic ring is 1. The minimum Gasteiger partial charge on any atom is -0.367 e. The second-order valence-corrected chi connectivity index (χ2v) is 5.43. The standard InChI is InChI=1S/C9H18N4S2/c1-4-9(5-2,14-3)6-11-8-12-7(10)13-15-8/h4-6H2,1-3H3,(H3,10,11,12,13). The lowest BCUT2D eigenvalue weighted by atomic mass is 10.0. The van der Waals surface area contributed by atoms with Gasteiger partial charge in [0.05, 0.1) is 0 Å². The summed E-state index contributed by atoms with van der Waals surface area (Å²) in [6.45, 7) is 5.35. The lowest BCUT2D eigenvalue weighted by Gasteiger charge is -2.29. The lowest BCUT2D eigenvalue weighted by Crippen LogP contribution is -2.31. The maximum Gasteiger partial charge on any atom is 0.233 e. The number of anilines is 2. The summed E-state index contributed by atoms with van der Waals surface area (Å²) in [4.78, 5) is 4.08. The molecule has 1 aromatic rings. The number of hydrogen-bond acceptors (Lipinski definition) is 6. The van der Waals surface area contributed by atoms with Gasteiger partial charge < -0.3 is 11.1 Å². The third kappa shape index (κ3) is 3.24. The molecule has 15 heavy (non-hydrogen) atoms. The van der Waals surface area contributed by atoms with Gasteiger partial charge in [0.2, 0.25) is 11.1 Å². The van der Waals surface area contributed by atoms with Crippen molar-refractivity contribution < 1.29 is 0 Å². The summed E-state index contributed by atoms with van der Waals surface area (Å²) in [5.41, 5.74) is 5.46. The molecule has 0 aliphatic carbocycles. The van der Waals surface area contributed by atoms with E-state index in [1.54, 1.807) is 0 Å². The van der Waals surface area contributed by atoms with E-state index in [1.165, 1.54) is 11.5 Å². The number of nitrogens with two attached hydrogens (primary N) is 1. The minimum atomic E-state index is 0.292. The molecule has 0 saturated carbocycles. The van der Waals surface area contributed by atoms with Crippen LogP contribution in [0.2, 0.25) is 0 Å². The first-order chi connectivity index (χ1) is 7.15. The summed E-state index contributed by atoms with van der Waals surface area (Å²) in [6.07, 6.45) is 4.45. The highest BCUT2D eigenvalue weighted by Gasteiger charge is 2.24. The molecule has 0 aromatic carbocycles. The monoisotopic (exact) mass is 246 g/mol. The molecule has 4 nitrogen and oxygen atoms in total. The van der Waals surface area contributed by atoms with Gasteiger partial charge in [-0.25, -0.2) is 0 Å². The topological polar surface area (TPSA) is 63.8 Å². The molecular weight excluding hydrogens is 228 g/mol. The fraction of sp³-hybridized carbons (Fsp3) is 0.778. The number of aromatic nitrogens is 2.